The lowest BCUT2D eigenvalue weighted by Gasteiger charge is -2.26. The number of fused-ring (bicyclic) bond motifs is 1. The monoisotopic (exact) mass is 404 g/mol. The van der Waals surface area contributed by atoms with Crippen molar-refractivity contribution >= 4 is 27.7 Å². The zero-order valence-corrected chi connectivity index (χ0v) is 15.4. The number of sulfonamides is 1. The molecule has 4 rings (SSSR count). The highest BCUT2D eigenvalue weighted by molar-refractivity contribution is 7.89. The Bertz CT molecular complexity index is 1150. The van der Waals surface area contributed by atoms with E-state index in [1.165, 1.54) is 28.6 Å². The zero-order chi connectivity index (χ0) is 20.1. The van der Waals surface area contributed by atoms with Crippen molar-refractivity contribution in [3.8, 4) is 5.69 Å². The van der Waals surface area contributed by atoms with Crippen molar-refractivity contribution in [2.24, 2.45) is 0 Å². The standard InChI is InChI=1S/C17H16N4O6S/c18-15-14-12(16(23)19-17(14)24)9-13(22)21(15)10-1-3-11(4-2-10)28(25,26)20-5-7-27-8-6-20/h1-4,9H,5-8,18H2,(H,19,23,24). The Morgan fingerprint density at radius 1 is 1.00 bits per heavy atom. The van der Waals surface area contributed by atoms with Crippen molar-refractivity contribution in [3.63, 3.8) is 0 Å². The van der Waals surface area contributed by atoms with Crippen molar-refractivity contribution in [1.29, 1.82) is 0 Å². The number of ether oxygens (including phenoxy) is 1. The van der Waals surface area contributed by atoms with Gasteiger partial charge in [0, 0.05) is 19.2 Å². The third kappa shape index (κ3) is 2.80. The molecule has 3 heterocycles. The van der Waals surface area contributed by atoms with Gasteiger partial charge in [0.25, 0.3) is 17.4 Å². The molecule has 0 unspecified atom stereocenters. The van der Waals surface area contributed by atoms with E-state index in [0.717, 1.165) is 10.6 Å². The lowest BCUT2D eigenvalue weighted by atomic mass is 10.1. The Labute approximate surface area is 159 Å². The van der Waals surface area contributed by atoms with Gasteiger partial charge in [-0.05, 0) is 24.3 Å². The first-order valence-corrected chi connectivity index (χ1v) is 9.84. The summed E-state index contributed by atoms with van der Waals surface area (Å²) in [5.41, 5.74) is 5.49. The van der Waals surface area contributed by atoms with Gasteiger partial charge >= 0.3 is 0 Å². The highest BCUT2D eigenvalue weighted by Gasteiger charge is 2.32. The fourth-order valence-electron chi connectivity index (χ4n) is 3.25. The lowest BCUT2D eigenvalue weighted by molar-refractivity contribution is 0.0730. The normalized spacial score (nSPS) is 17.4. The number of aromatic nitrogens is 1. The van der Waals surface area contributed by atoms with Crippen LogP contribution < -0.4 is 16.6 Å². The van der Waals surface area contributed by atoms with Gasteiger partial charge in [0.1, 0.15) is 5.82 Å². The number of nitrogen functional groups attached to an aromatic ring is 1. The number of hydrogen-bond acceptors (Lipinski definition) is 7. The molecule has 1 saturated heterocycles. The van der Waals surface area contributed by atoms with Crippen LogP contribution in [0.5, 0.6) is 0 Å². The van der Waals surface area contributed by atoms with Gasteiger partial charge in [-0.1, -0.05) is 0 Å². The van der Waals surface area contributed by atoms with E-state index in [4.69, 9.17) is 10.5 Å². The Morgan fingerprint density at radius 2 is 1.64 bits per heavy atom. The fraction of sp³-hybridized carbons (Fsp3) is 0.235. The highest BCUT2D eigenvalue weighted by Crippen LogP contribution is 2.24. The average molecular weight is 404 g/mol. The van der Waals surface area contributed by atoms with E-state index in [0.29, 0.717) is 13.2 Å². The first kappa shape index (κ1) is 18.3. The number of morpholine rings is 1. The van der Waals surface area contributed by atoms with E-state index in [1.807, 2.05) is 0 Å². The van der Waals surface area contributed by atoms with Crippen LogP contribution in [0.2, 0.25) is 0 Å². The molecule has 0 aliphatic carbocycles. The van der Waals surface area contributed by atoms with Crippen LogP contribution >= 0.6 is 0 Å². The molecule has 2 aliphatic rings. The number of benzene rings is 1. The van der Waals surface area contributed by atoms with Crippen LogP contribution in [0.15, 0.2) is 40.0 Å². The van der Waals surface area contributed by atoms with Gasteiger partial charge in [-0.3, -0.25) is 24.3 Å². The number of carbonyl (C=O) groups is 2. The SMILES string of the molecule is Nc1c2c(cc(=O)n1-c1ccc(S(=O)(=O)N3CCOCC3)cc1)C(=O)NC2=O. The van der Waals surface area contributed by atoms with E-state index in [1.54, 1.807) is 0 Å². The van der Waals surface area contributed by atoms with Gasteiger partial charge in [-0.15, -0.1) is 0 Å². The molecule has 3 N–H and O–H groups in total. The second-order valence-electron chi connectivity index (χ2n) is 6.29. The van der Waals surface area contributed by atoms with E-state index >= 15 is 0 Å². The first-order valence-electron chi connectivity index (χ1n) is 8.40. The second kappa shape index (κ2) is 6.55. The number of nitrogens with two attached hydrogens (primary N) is 1. The molecule has 0 radical (unpaired) electrons. The number of anilines is 1. The van der Waals surface area contributed by atoms with Gasteiger partial charge < -0.3 is 10.5 Å². The number of rotatable bonds is 3. The molecule has 1 aromatic carbocycles. The Hall–Kier alpha value is -3.02. The maximum atomic E-state index is 12.7. The lowest BCUT2D eigenvalue weighted by Crippen LogP contribution is -2.40. The molecule has 2 amide bonds. The number of pyridine rings is 1. The molecule has 11 heteroatoms. The number of nitrogens with one attached hydrogen (secondary N) is 1. The quantitative estimate of drug-likeness (QED) is 0.646. The average Bonchev–Trinajstić information content (AvgIpc) is 2.96. The van der Waals surface area contributed by atoms with Crippen LogP contribution in [0.1, 0.15) is 20.7 Å². The number of amides is 2. The molecule has 1 fully saturated rings. The summed E-state index contributed by atoms with van der Waals surface area (Å²) in [7, 11) is -3.68. The van der Waals surface area contributed by atoms with Crippen LogP contribution in [0.3, 0.4) is 0 Å². The molecular weight excluding hydrogens is 388 g/mol. The molecule has 0 bridgehead atoms. The van der Waals surface area contributed by atoms with Crippen molar-refractivity contribution in [2.45, 2.75) is 4.90 Å². The van der Waals surface area contributed by atoms with Crippen molar-refractivity contribution in [2.75, 3.05) is 32.0 Å². The maximum Gasteiger partial charge on any atom is 0.262 e. The van der Waals surface area contributed by atoms with Crippen LogP contribution in [-0.2, 0) is 14.8 Å². The number of hydrogen-bond donors (Lipinski definition) is 2. The summed E-state index contributed by atoms with van der Waals surface area (Å²) in [6, 6.07) is 6.61. The molecular formula is C17H16N4O6S. The predicted molar refractivity (Wildman–Crippen MR) is 97.8 cm³/mol. The van der Waals surface area contributed by atoms with Crippen molar-refractivity contribution < 1.29 is 22.7 Å². The summed E-state index contributed by atoms with van der Waals surface area (Å²) in [5.74, 6) is -1.55. The molecule has 2 aliphatic heterocycles. The molecule has 0 saturated carbocycles. The maximum absolute atomic E-state index is 12.7. The number of nitrogens with zero attached hydrogens (tertiary/aromatic N) is 2. The minimum atomic E-state index is -3.68. The van der Waals surface area contributed by atoms with Crippen molar-refractivity contribution in [3.05, 3.63) is 51.8 Å². The van der Waals surface area contributed by atoms with Crippen LogP contribution in [0.25, 0.3) is 5.69 Å². The summed E-state index contributed by atoms with van der Waals surface area (Å²) in [4.78, 5) is 36.1. The van der Waals surface area contributed by atoms with E-state index < -0.39 is 27.4 Å². The molecule has 10 nitrogen and oxygen atoms in total. The summed E-state index contributed by atoms with van der Waals surface area (Å²) in [6.07, 6.45) is 0. The number of carbonyl (C=O) groups excluding carboxylic acids is 2. The van der Waals surface area contributed by atoms with Crippen LogP contribution in [0, 0.1) is 0 Å². The predicted octanol–water partition coefficient (Wildman–Crippen LogP) is -0.676. The van der Waals surface area contributed by atoms with E-state index in [9.17, 15) is 22.8 Å². The van der Waals surface area contributed by atoms with Gasteiger partial charge in [0.2, 0.25) is 10.0 Å². The number of imide groups is 1. The molecule has 0 atom stereocenters. The van der Waals surface area contributed by atoms with Gasteiger partial charge in [0.05, 0.1) is 34.9 Å². The Kier molecular flexibility index (Phi) is 4.29. The fourth-order valence-corrected chi connectivity index (χ4v) is 4.66. The second-order valence-corrected chi connectivity index (χ2v) is 8.22. The smallest absolute Gasteiger partial charge is 0.262 e. The Morgan fingerprint density at radius 3 is 2.29 bits per heavy atom. The third-order valence-electron chi connectivity index (χ3n) is 4.66. The van der Waals surface area contributed by atoms with E-state index in [-0.39, 0.29) is 40.6 Å². The summed E-state index contributed by atoms with van der Waals surface area (Å²) >= 11 is 0. The van der Waals surface area contributed by atoms with Gasteiger partial charge in [0.15, 0.2) is 0 Å². The highest BCUT2D eigenvalue weighted by atomic mass is 32.2. The largest absolute Gasteiger partial charge is 0.384 e. The van der Waals surface area contributed by atoms with Crippen LogP contribution in [-0.4, -0.2) is 55.4 Å². The van der Waals surface area contributed by atoms with E-state index in [2.05, 4.69) is 5.32 Å². The first-order chi connectivity index (χ1) is 13.3. The molecule has 0 spiro atoms. The Balaban J connectivity index is 1.75. The minimum Gasteiger partial charge on any atom is -0.384 e. The van der Waals surface area contributed by atoms with Crippen LogP contribution in [0.4, 0.5) is 5.82 Å². The zero-order valence-electron chi connectivity index (χ0n) is 14.5. The third-order valence-corrected chi connectivity index (χ3v) is 6.57. The summed E-state index contributed by atoms with van der Waals surface area (Å²) < 4.78 is 32.9. The summed E-state index contributed by atoms with van der Waals surface area (Å²) in [6.45, 7) is 1.20. The van der Waals surface area contributed by atoms with Gasteiger partial charge in [-0.25, -0.2) is 8.42 Å². The molecule has 28 heavy (non-hydrogen) atoms. The minimum absolute atomic E-state index is 0.0684. The van der Waals surface area contributed by atoms with Gasteiger partial charge in [-0.2, -0.15) is 4.31 Å². The summed E-state index contributed by atoms with van der Waals surface area (Å²) in [5, 5.41) is 2.09. The topological polar surface area (TPSA) is 141 Å². The molecule has 2 aromatic rings. The van der Waals surface area contributed by atoms with Crippen molar-refractivity contribution in [1.82, 2.24) is 14.2 Å². The molecule has 146 valence electrons. The molecule has 1 aromatic heterocycles.